The highest BCUT2D eigenvalue weighted by molar-refractivity contribution is 7.99. The molecule has 2 aromatic rings. The molecule has 0 aliphatic rings. The smallest absolute Gasteiger partial charge is 0.313 e. The quantitative estimate of drug-likeness (QED) is 0.843. The average Bonchev–Trinajstić information content (AvgIpc) is 2.77. The lowest BCUT2D eigenvalue weighted by molar-refractivity contribution is -0.133. The molecule has 0 radical (unpaired) electrons. The summed E-state index contributed by atoms with van der Waals surface area (Å²) in [6.07, 6.45) is 3.28. The number of thioether (sulfide) groups is 1. The summed E-state index contributed by atoms with van der Waals surface area (Å²) < 4.78 is 15.2. The lowest BCUT2D eigenvalue weighted by Crippen LogP contribution is -2.04. The third kappa shape index (κ3) is 3.10. The number of hydrogen-bond acceptors (Lipinski definition) is 3. The minimum absolute atomic E-state index is 0.0612. The zero-order valence-corrected chi connectivity index (χ0v) is 10.2. The number of halogens is 1. The predicted molar refractivity (Wildman–Crippen MR) is 66.1 cm³/mol. The lowest BCUT2D eigenvalue weighted by atomic mass is 10.2. The number of aromatic nitrogens is 2. The topological polar surface area (TPSA) is 55.1 Å². The van der Waals surface area contributed by atoms with E-state index in [1.807, 2.05) is 0 Å². The van der Waals surface area contributed by atoms with Crippen LogP contribution in [0.4, 0.5) is 4.39 Å². The molecular weight excluding hydrogens is 255 g/mol. The normalized spacial score (nSPS) is 10.5. The summed E-state index contributed by atoms with van der Waals surface area (Å²) in [6.45, 7) is 0.342. The maximum Gasteiger partial charge on any atom is 0.313 e. The molecule has 1 aromatic carbocycles. The molecule has 0 spiro atoms. The van der Waals surface area contributed by atoms with Crippen molar-refractivity contribution in [2.75, 3.05) is 5.75 Å². The Morgan fingerprint density at radius 1 is 1.44 bits per heavy atom. The number of benzene rings is 1. The molecule has 94 valence electrons. The van der Waals surface area contributed by atoms with Gasteiger partial charge in [-0.05, 0) is 6.07 Å². The molecule has 0 unspecified atom stereocenters. The molecule has 6 heteroatoms. The Kier molecular flexibility index (Phi) is 3.99. The molecule has 2 rings (SSSR count). The summed E-state index contributed by atoms with van der Waals surface area (Å²) >= 11 is 1.12. The van der Waals surface area contributed by atoms with E-state index in [0.717, 1.165) is 11.8 Å². The van der Waals surface area contributed by atoms with E-state index >= 15 is 0 Å². The highest BCUT2D eigenvalue weighted by atomic mass is 32.2. The standard InChI is InChI=1S/C12H11FN2O2S/c13-10-4-2-1-3-9(10)7-15-6-5-14-12(15)18-8-11(16)17/h1-6H,7-8H2,(H,16,17). The molecule has 0 bridgehead atoms. The van der Waals surface area contributed by atoms with Crippen LogP contribution in [0.25, 0.3) is 0 Å². The van der Waals surface area contributed by atoms with Crippen LogP contribution in [0.15, 0.2) is 41.8 Å². The van der Waals surface area contributed by atoms with Crippen molar-refractivity contribution in [2.24, 2.45) is 0 Å². The fourth-order valence-corrected chi connectivity index (χ4v) is 2.17. The van der Waals surface area contributed by atoms with Crippen molar-refractivity contribution in [2.45, 2.75) is 11.7 Å². The van der Waals surface area contributed by atoms with Gasteiger partial charge in [-0.3, -0.25) is 4.79 Å². The van der Waals surface area contributed by atoms with Gasteiger partial charge in [0, 0.05) is 18.0 Å². The minimum atomic E-state index is -0.902. The van der Waals surface area contributed by atoms with Gasteiger partial charge in [0.2, 0.25) is 0 Å². The van der Waals surface area contributed by atoms with E-state index < -0.39 is 5.97 Å². The van der Waals surface area contributed by atoms with E-state index in [9.17, 15) is 9.18 Å². The van der Waals surface area contributed by atoms with Gasteiger partial charge in [-0.2, -0.15) is 0 Å². The average molecular weight is 266 g/mol. The van der Waals surface area contributed by atoms with Crippen LogP contribution in [-0.2, 0) is 11.3 Å². The zero-order valence-electron chi connectivity index (χ0n) is 9.41. The van der Waals surface area contributed by atoms with Crippen LogP contribution in [0.5, 0.6) is 0 Å². The fraction of sp³-hybridized carbons (Fsp3) is 0.167. The summed E-state index contributed by atoms with van der Waals surface area (Å²) in [4.78, 5) is 14.6. The third-order valence-corrected chi connectivity index (χ3v) is 3.29. The summed E-state index contributed by atoms with van der Waals surface area (Å²) in [5.74, 6) is -1.24. The highest BCUT2D eigenvalue weighted by Gasteiger charge is 2.08. The maximum absolute atomic E-state index is 13.5. The number of carboxylic acid groups (broad SMARTS) is 1. The monoisotopic (exact) mass is 266 g/mol. The van der Waals surface area contributed by atoms with Crippen LogP contribution < -0.4 is 0 Å². The highest BCUT2D eigenvalue weighted by Crippen LogP contribution is 2.18. The first-order valence-corrected chi connectivity index (χ1v) is 6.24. The van der Waals surface area contributed by atoms with Gasteiger partial charge in [0.1, 0.15) is 5.82 Å². The molecule has 0 amide bonds. The van der Waals surface area contributed by atoms with Gasteiger partial charge in [0.05, 0.1) is 12.3 Å². The molecule has 0 fully saturated rings. The number of rotatable bonds is 5. The van der Waals surface area contributed by atoms with Gasteiger partial charge < -0.3 is 9.67 Å². The van der Waals surface area contributed by atoms with Crippen LogP contribution in [0, 0.1) is 5.82 Å². The number of carboxylic acids is 1. The lowest BCUT2D eigenvalue weighted by Gasteiger charge is -2.07. The summed E-state index contributed by atoms with van der Waals surface area (Å²) in [5.41, 5.74) is 0.549. The number of aliphatic carboxylic acids is 1. The van der Waals surface area contributed by atoms with Crippen LogP contribution in [0.2, 0.25) is 0 Å². The minimum Gasteiger partial charge on any atom is -0.481 e. The summed E-state index contributed by atoms with van der Waals surface area (Å²) in [6, 6.07) is 6.49. The van der Waals surface area contributed by atoms with Crippen LogP contribution in [0.1, 0.15) is 5.56 Å². The van der Waals surface area contributed by atoms with Gasteiger partial charge in [0.15, 0.2) is 5.16 Å². The SMILES string of the molecule is O=C(O)CSc1nccn1Cc1ccccc1F. The van der Waals surface area contributed by atoms with Crippen LogP contribution in [-0.4, -0.2) is 26.4 Å². The van der Waals surface area contributed by atoms with E-state index in [1.165, 1.54) is 6.07 Å². The molecule has 4 nitrogen and oxygen atoms in total. The largest absolute Gasteiger partial charge is 0.481 e. The maximum atomic E-state index is 13.5. The van der Waals surface area contributed by atoms with Crippen LogP contribution >= 0.6 is 11.8 Å². The van der Waals surface area contributed by atoms with Crippen molar-refractivity contribution in [3.63, 3.8) is 0 Å². The van der Waals surface area contributed by atoms with E-state index in [1.54, 1.807) is 35.2 Å². The molecule has 0 aliphatic heterocycles. The summed E-state index contributed by atoms with van der Waals surface area (Å²) in [5, 5.41) is 9.19. The second kappa shape index (κ2) is 5.68. The van der Waals surface area contributed by atoms with Crippen molar-refractivity contribution in [1.82, 2.24) is 9.55 Å². The molecule has 0 saturated carbocycles. The van der Waals surface area contributed by atoms with Gasteiger partial charge in [0.25, 0.3) is 0 Å². The molecule has 0 aliphatic carbocycles. The number of hydrogen-bond donors (Lipinski definition) is 1. The predicted octanol–water partition coefficient (Wildman–Crippen LogP) is 2.25. The second-order valence-corrected chi connectivity index (χ2v) is 4.55. The Labute approximate surface area is 107 Å². The van der Waals surface area contributed by atoms with E-state index in [2.05, 4.69) is 4.98 Å². The van der Waals surface area contributed by atoms with Crippen molar-refractivity contribution < 1.29 is 14.3 Å². The Morgan fingerprint density at radius 3 is 2.94 bits per heavy atom. The first kappa shape index (κ1) is 12.6. The number of nitrogens with zero attached hydrogens (tertiary/aromatic N) is 2. The third-order valence-electron chi connectivity index (χ3n) is 2.30. The van der Waals surface area contributed by atoms with E-state index in [-0.39, 0.29) is 11.6 Å². The van der Waals surface area contributed by atoms with Crippen molar-refractivity contribution in [1.29, 1.82) is 0 Å². The first-order chi connectivity index (χ1) is 8.66. The van der Waals surface area contributed by atoms with Gasteiger partial charge in [-0.15, -0.1) is 0 Å². The molecule has 1 N–H and O–H groups in total. The second-order valence-electron chi connectivity index (χ2n) is 3.61. The van der Waals surface area contributed by atoms with Gasteiger partial charge in [-0.25, -0.2) is 9.37 Å². The molecule has 1 heterocycles. The van der Waals surface area contributed by atoms with Crippen LogP contribution in [0.3, 0.4) is 0 Å². The Balaban J connectivity index is 2.12. The number of carbonyl (C=O) groups is 1. The van der Waals surface area contributed by atoms with E-state index in [0.29, 0.717) is 17.3 Å². The fourth-order valence-electron chi connectivity index (χ4n) is 1.49. The molecule has 0 atom stereocenters. The van der Waals surface area contributed by atoms with Crippen molar-refractivity contribution >= 4 is 17.7 Å². The zero-order chi connectivity index (χ0) is 13.0. The van der Waals surface area contributed by atoms with Crippen molar-refractivity contribution in [3.05, 3.63) is 48.0 Å². The Morgan fingerprint density at radius 2 is 2.22 bits per heavy atom. The van der Waals surface area contributed by atoms with Gasteiger partial charge >= 0.3 is 5.97 Å². The summed E-state index contributed by atoms with van der Waals surface area (Å²) in [7, 11) is 0. The van der Waals surface area contributed by atoms with Crippen molar-refractivity contribution in [3.8, 4) is 0 Å². The van der Waals surface area contributed by atoms with E-state index in [4.69, 9.17) is 5.11 Å². The molecule has 1 aromatic heterocycles. The van der Waals surface area contributed by atoms with Gasteiger partial charge in [-0.1, -0.05) is 30.0 Å². The Hall–Kier alpha value is -1.82. The Bertz CT molecular complexity index is 557. The first-order valence-electron chi connectivity index (χ1n) is 5.26. The number of imidazole rings is 1. The molecule has 18 heavy (non-hydrogen) atoms. The molecular formula is C12H11FN2O2S. The molecule has 0 saturated heterocycles.